The van der Waals surface area contributed by atoms with E-state index in [1.807, 2.05) is 37.3 Å². The molecule has 0 aliphatic heterocycles. The molecule has 6 aromatic carbocycles. The molecule has 0 heterocycles. The molecule has 0 unspecified atom stereocenters. The van der Waals surface area contributed by atoms with E-state index in [-0.39, 0.29) is 46.0 Å². The number of ketones is 1. The smallest absolute Gasteiger partial charge is 0.194 e. The van der Waals surface area contributed by atoms with E-state index in [0.717, 1.165) is 5.56 Å². The zero-order valence-corrected chi connectivity index (χ0v) is 25.3. The first kappa shape index (κ1) is 28.2. The summed E-state index contributed by atoms with van der Waals surface area (Å²) in [6.07, 6.45) is 0.208. The van der Waals surface area contributed by atoms with Gasteiger partial charge in [0, 0.05) is 56.7 Å². The number of carbonyl (C=O) groups excluding carboxylic acids is 1. The van der Waals surface area contributed by atoms with Gasteiger partial charge in [0.1, 0.15) is 11.5 Å². The van der Waals surface area contributed by atoms with Crippen molar-refractivity contribution in [3.05, 3.63) is 85.2 Å². The van der Waals surface area contributed by atoms with Crippen LogP contribution in [0.5, 0.6) is 28.7 Å². The molecule has 1 aliphatic carbocycles. The Morgan fingerprint density at radius 2 is 1.36 bits per heavy atom. The normalized spacial score (nSPS) is 12.9. The van der Waals surface area contributed by atoms with E-state index in [1.54, 1.807) is 0 Å². The van der Waals surface area contributed by atoms with Gasteiger partial charge in [0.25, 0.3) is 0 Å². The third-order valence-electron chi connectivity index (χ3n) is 8.94. The third-order valence-corrected chi connectivity index (χ3v) is 8.94. The van der Waals surface area contributed by atoms with Crippen molar-refractivity contribution < 1.29 is 29.2 Å². The molecule has 0 spiro atoms. The van der Waals surface area contributed by atoms with Crippen molar-refractivity contribution in [2.75, 3.05) is 26.6 Å². The quantitative estimate of drug-likeness (QED) is 0.117. The SMILES string of the molecule is COc1c(O)c2c(=O)cc(OC)c3c4c(OC)cc(=O)c5c(O)c(NCc6ccccc6)c6c(c(c1C(C(C)=O)=C(C)C6)c23)c54. The van der Waals surface area contributed by atoms with E-state index in [2.05, 4.69) is 5.32 Å². The van der Waals surface area contributed by atoms with Gasteiger partial charge in [-0.25, -0.2) is 0 Å². The Labute approximate surface area is 256 Å². The van der Waals surface area contributed by atoms with Gasteiger partial charge >= 0.3 is 0 Å². The topological polar surface area (TPSA) is 131 Å². The van der Waals surface area contributed by atoms with Gasteiger partial charge in [0.2, 0.25) is 0 Å². The number of phenolic OH excluding ortho intramolecular Hbond substituents is 2. The Morgan fingerprint density at radius 3 is 1.91 bits per heavy atom. The largest absolute Gasteiger partial charge is 0.505 e. The second-order valence-corrected chi connectivity index (χ2v) is 11.3. The Morgan fingerprint density at radius 1 is 0.778 bits per heavy atom. The molecular formula is C36H29NO8. The molecule has 0 atom stereocenters. The summed E-state index contributed by atoms with van der Waals surface area (Å²) in [4.78, 5) is 41.0. The maximum Gasteiger partial charge on any atom is 0.194 e. The van der Waals surface area contributed by atoms with E-state index < -0.39 is 16.6 Å². The highest BCUT2D eigenvalue weighted by molar-refractivity contribution is 6.42. The summed E-state index contributed by atoms with van der Waals surface area (Å²) in [5.41, 5.74) is 2.19. The standard InChI is InChI=1S/C36H29NO8/c1-15-11-18-24-29-25(34(41)33(18)37-14-17-9-7-6-8-10-17)19(39)12-21(43-3)27(29)28-22(44-4)13-20(40)26-31(28)30(24)32(23(15)16(2)38)36(45-5)35(26)42/h6-10,12-13,37,41-42H,11,14H2,1-5H3. The summed E-state index contributed by atoms with van der Waals surface area (Å²) in [7, 11) is 4.22. The van der Waals surface area contributed by atoms with Gasteiger partial charge in [-0.3, -0.25) is 14.4 Å². The lowest BCUT2D eigenvalue weighted by Crippen LogP contribution is -2.11. The lowest BCUT2D eigenvalue weighted by Gasteiger charge is -2.24. The van der Waals surface area contributed by atoms with Crippen molar-refractivity contribution in [2.24, 2.45) is 0 Å². The highest BCUT2D eigenvalue weighted by atomic mass is 16.5. The number of hydrogen-bond donors (Lipinski definition) is 3. The van der Waals surface area contributed by atoms with Gasteiger partial charge in [-0.2, -0.15) is 0 Å². The van der Waals surface area contributed by atoms with Crippen LogP contribution in [-0.2, 0) is 17.8 Å². The summed E-state index contributed by atoms with van der Waals surface area (Å²) in [5, 5.41) is 29.6. The summed E-state index contributed by atoms with van der Waals surface area (Å²) < 4.78 is 17.3. The number of Topliss-reactive ketones (excluding diaryl/α,β-unsaturated/α-hetero) is 1. The lowest BCUT2D eigenvalue weighted by atomic mass is 9.82. The summed E-state index contributed by atoms with van der Waals surface area (Å²) in [6.45, 7) is 3.58. The van der Waals surface area contributed by atoms with Gasteiger partial charge in [-0.1, -0.05) is 35.9 Å². The van der Waals surface area contributed by atoms with Crippen LogP contribution in [0, 0.1) is 0 Å². The number of phenols is 2. The number of benzene rings is 6. The summed E-state index contributed by atoms with van der Waals surface area (Å²) in [6, 6.07) is 12.2. The number of fused-ring (bicyclic) bond motifs is 1. The molecule has 45 heavy (non-hydrogen) atoms. The Hall–Kier alpha value is -5.57. The minimum absolute atomic E-state index is 0.0197. The average molecular weight is 604 g/mol. The third kappa shape index (κ3) is 3.70. The number of hydrogen-bond acceptors (Lipinski definition) is 9. The first-order chi connectivity index (χ1) is 21.6. The highest BCUT2D eigenvalue weighted by Crippen LogP contribution is 2.57. The fourth-order valence-corrected chi connectivity index (χ4v) is 7.23. The minimum Gasteiger partial charge on any atom is -0.505 e. The van der Waals surface area contributed by atoms with Crippen LogP contribution in [0.15, 0.2) is 57.6 Å². The van der Waals surface area contributed by atoms with Crippen molar-refractivity contribution in [3.63, 3.8) is 0 Å². The number of ether oxygens (including phenoxy) is 3. The molecular weight excluding hydrogens is 574 g/mol. The molecule has 9 nitrogen and oxygen atoms in total. The maximum absolute atomic E-state index is 13.8. The van der Waals surface area contributed by atoms with Crippen molar-refractivity contribution in [3.8, 4) is 28.7 Å². The van der Waals surface area contributed by atoms with Crippen molar-refractivity contribution >= 4 is 60.1 Å². The van der Waals surface area contributed by atoms with Crippen molar-refractivity contribution in [1.29, 1.82) is 0 Å². The molecule has 6 aromatic rings. The number of rotatable bonds is 7. The monoisotopic (exact) mass is 603 g/mol. The molecule has 0 aromatic heterocycles. The number of nitrogens with one attached hydrogen (secondary N) is 1. The van der Waals surface area contributed by atoms with Gasteiger partial charge in [0.15, 0.2) is 33.9 Å². The van der Waals surface area contributed by atoms with Crippen LogP contribution in [0.3, 0.4) is 0 Å². The molecule has 3 N–H and O–H groups in total. The number of methoxy groups -OCH3 is 3. The van der Waals surface area contributed by atoms with Gasteiger partial charge in [-0.15, -0.1) is 0 Å². The number of aromatic hydroxyl groups is 2. The first-order valence-electron chi connectivity index (χ1n) is 14.4. The summed E-state index contributed by atoms with van der Waals surface area (Å²) in [5.74, 6) is -0.558. The van der Waals surface area contributed by atoms with Crippen molar-refractivity contribution in [2.45, 2.75) is 26.8 Å². The maximum atomic E-state index is 13.8. The number of anilines is 1. The van der Waals surface area contributed by atoms with Crippen LogP contribution >= 0.6 is 0 Å². The zero-order valence-electron chi connectivity index (χ0n) is 25.3. The minimum atomic E-state index is -0.514. The Balaban J connectivity index is 1.86. The first-order valence-corrected chi connectivity index (χ1v) is 14.4. The van der Waals surface area contributed by atoms with E-state index in [9.17, 15) is 24.6 Å². The fraction of sp³-hybridized carbons (Fsp3) is 0.194. The second kappa shape index (κ2) is 9.99. The van der Waals surface area contributed by atoms with Gasteiger partial charge in [-0.05, 0) is 36.8 Å². The number of carbonyl (C=O) groups is 1. The van der Waals surface area contributed by atoms with Crippen molar-refractivity contribution in [1.82, 2.24) is 0 Å². The molecule has 1 aliphatic rings. The van der Waals surface area contributed by atoms with Gasteiger partial charge in [0.05, 0.1) is 37.8 Å². The second-order valence-electron chi connectivity index (χ2n) is 11.3. The molecule has 0 fully saturated rings. The molecule has 0 saturated heterocycles. The molecule has 0 bridgehead atoms. The van der Waals surface area contributed by atoms with E-state index >= 15 is 0 Å². The predicted octanol–water partition coefficient (Wildman–Crippen LogP) is 5.86. The van der Waals surface area contributed by atoms with Crippen LogP contribution in [0.2, 0.25) is 0 Å². The predicted molar refractivity (Wildman–Crippen MR) is 175 cm³/mol. The zero-order chi connectivity index (χ0) is 31.9. The van der Waals surface area contributed by atoms with E-state index in [1.165, 1.54) is 40.4 Å². The Kier molecular flexibility index (Phi) is 6.26. The van der Waals surface area contributed by atoms with Crippen LogP contribution in [-0.4, -0.2) is 37.3 Å². The van der Waals surface area contributed by atoms with Crippen LogP contribution < -0.4 is 30.4 Å². The molecule has 9 heteroatoms. The lowest BCUT2D eigenvalue weighted by molar-refractivity contribution is -0.111. The van der Waals surface area contributed by atoms with E-state index in [0.29, 0.717) is 66.8 Å². The average Bonchev–Trinajstić information content (AvgIpc) is 3.15. The van der Waals surface area contributed by atoms with Gasteiger partial charge < -0.3 is 29.7 Å². The molecule has 7 rings (SSSR count). The molecule has 226 valence electrons. The Bertz CT molecular complexity index is 2400. The highest BCUT2D eigenvalue weighted by Gasteiger charge is 2.35. The number of allylic oxidation sites excluding steroid dienone is 2. The van der Waals surface area contributed by atoms with Crippen LogP contribution in [0.4, 0.5) is 5.69 Å². The molecule has 0 amide bonds. The van der Waals surface area contributed by atoms with Crippen LogP contribution in [0.25, 0.3) is 48.7 Å². The fourth-order valence-electron chi connectivity index (χ4n) is 7.23. The van der Waals surface area contributed by atoms with Crippen LogP contribution in [0.1, 0.15) is 30.5 Å². The molecule has 0 saturated carbocycles. The molecule has 0 radical (unpaired) electrons. The van der Waals surface area contributed by atoms with E-state index in [4.69, 9.17) is 14.2 Å². The summed E-state index contributed by atoms with van der Waals surface area (Å²) >= 11 is 0.